The van der Waals surface area contributed by atoms with Crippen LogP contribution in [0.15, 0.2) is 40.9 Å². The number of phenolic OH excluding ortho intramolecular Hbond substituents is 1. The van der Waals surface area contributed by atoms with Crippen molar-refractivity contribution in [1.82, 2.24) is 0 Å². The molecule has 0 unspecified atom stereocenters. The average Bonchev–Trinajstić information content (AvgIpc) is 2.37. The van der Waals surface area contributed by atoms with Gasteiger partial charge in [-0.05, 0) is 46.3 Å². The highest BCUT2D eigenvalue weighted by Crippen LogP contribution is 2.27. The van der Waals surface area contributed by atoms with Crippen LogP contribution in [0.25, 0.3) is 0 Å². The second kappa shape index (κ2) is 5.59. The molecule has 98 valence electrons. The second-order valence-electron chi connectivity index (χ2n) is 3.72. The van der Waals surface area contributed by atoms with Gasteiger partial charge in [-0.3, -0.25) is 4.79 Å². The number of amides is 1. The molecule has 0 aliphatic carbocycles. The van der Waals surface area contributed by atoms with Crippen LogP contribution in [0.2, 0.25) is 5.02 Å². The van der Waals surface area contributed by atoms with Crippen molar-refractivity contribution in [2.75, 3.05) is 5.32 Å². The van der Waals surface area contributed by atoms with E-state index in [1.165, 1.54) is 36.4 Å². The highest BCUT2D eigenvalue weighted by Gasteiger charge is 2.13. The molecule has 0 atom stereocenters. The van der Waals surface area contributed by atoms with Gasteiger partial charge in [0.15, 0.2) is 0 Å². The molecule has 0 aliphatic rings. The first-order valence-corrected chi connectivity index (χ1v) is 6.40. The van der Waals surface area contributed by atoms with Crippen LogP contribution < -0.4 is 5.32 Å². The summed E-state index contributed by atoms with van der Waals surface area (Å²) in [5.74, 6) is -1.26. The number of hydrogen-bond acceptors (Lipinski definition) is 2. The van der Waals surface area contributed by atoms with Crippen LogP contribution >= 0.6 is 27.5 Å². The smallest absolute Gasteiger partial charge is 0.255 e. The maximum atomic E-state index is 13.5. The van der Waals surface area contributed by atoms with Crippen molar-refractivity contribution in [3.05, 3.63) is 57.3 Å². The number of para-hydroxylation sites is 1. The van der Waals surface area contributed by atoms with Gasteiger partial charge in [0, 0.05) is 5.56 Å². The quantitative estimate of drug-likeness (QED) is 0.858. The van der Waals surface area contributed by atoms with Gasteiger partial charge in [0.25, 0.3) is 5.91 Å². The van der Waals surface area contributed by atoms with Crippen molar-refractivity contribution in [3.63, 3.8) is 0 Å². The second-order valence-corrected chi connectivity index (χ2v) is 4.98. The molecule has 0 saturated heterocycles. The minimum atomic E-state index is -0.623. The van der Waals surface area contributed by atoms with E-state index in [1.807, 2.05) is 0 Å². The molecular weight excluding hydrogens is 337 g/mol. The lowest BCUT2D eigenvalue weighted by Gasteiger charge is -2.08. The van der Waals surface area contributed by atoms with Gasteiger partial charge in [-0.2, -0.15) is 0 Å². The fourth-order valence-electron chi connectivity index (χ4n) is 1.46. The monoisotopic (exact) mass is 343 g/mol. The number of anilines is 1. The van der Waals surface area contributed by atoms with Crippen LogP contribution in [0.5, 0.6) is 5.75 Å². The average molecular weight is 345 g/mol. The third kappa shape index (κ3) is 3.05. The van der Waals surface area contributed by atoms with Gasteiger partial charge in [-0.25, -0.2) is 4.39 Å². The van der Waals surface area contributed by atoms with Crippen LogP contribution in [0.4, 0.5) is 10.1 Å². The Kier molecular flexibility index (Phi) is 4.07. The molecule has 19 heavy (non-hydrogen) atoms. The van der Waals surface area contributed by atoms with Crippen molar-refractivity contribution >= 4 is 39.1 Å². The molecule has 0 saturated carbocycles. The fraction of sp³-hybridized carbons (Fsp3) is 0. The predicted molar refractivity (Wildman–Crippen MR) is 75.2 cm³/mol. The van der Waals surface area contributed by atoms with E-state index in [0.717, 1.165) is 0 Å². The van der Waals surface area contributed by atoms with Gasteiger partial charge < -0.3 is 10.4 Å². The number of hydrogen-bond donors (Lipinski definition) is 2. The lowest BCUT2D eigenvalue weighted by Crippen LogP contribution is -2.13. The molecule has 0 heterocycles. The zero-order chi connectivity index (χ0) is 14.0. The summed E-state index contributed by atoms with van der Waals surface area (Å²) in [6.45, 7) is 0. The first-order chi connectivity index (χ1) is 8.99. The van der Waals surface area contributed by atoms with Crippen molar-refractivity contribution < 1.29 is 14.3 Å². The maximum Gasteiger partial charge on any atom is 0.255 e. The summed E-state index contributed by atoms with van der Waals surface area (Å²) in [7, 11) is 0. The van der Waals surface area contributed by atoms with E-state index in [-0.39, 0.29) is 22.0 Å². The first kappa shape index (κ1) is 13.8. The number of aromatic hydroxyl groups is 1. The maximum absolute atomic E-state index is 13.5. The number of nitrogens with one attached hydrogen (secondary N) is 1. The number of carbonyl (C=O) groups excluding carboxylic acids is 1. The Balaban J connectivity index is 2.28. The zero-order valence-electron chi connectivity index (χ0n) is 9.45. The van der Waals surface area contributed by atoms with E-state index in [9.17, 15) is 14.3 Å². The zero-order valence-corrected chi connectivity index (χ0v) is 11.8. The number of halogens is 3. The van der Waals surface area contributed by atoms with Gasteiger partial charge in [-0.15, -0.1) is 0 Å². The van der Waals surface area contributed by atoms with E-state index in [1.54, 1.807) is 0 Å². The molecule has 2 N–H and O–H groups in total. The Bertz CT molecular complexity index is 628. The van der Waals surface area contributed by atoms with Crippen LogP contribution in [-0.2, 0) is 0 Å². The number of benzene rings is 2. The largest absolute Gasteiger partial charge is 0.507 e. The third-order valence-corrected chi connectivity index (χ3v) is 3.40. The standard InChI is InChI=1S/C13H8BrClFNO2/c14-8-5-4-7(6-11(8)18)13(19)17-12-9(15)2-1-3-10(12)16/h1-6,18H,(H,17,19). The summed E-state index contributed by atoms with van der Waals surface area (Å²) in [4.78, 5) is 11.9. The van der Waals surface area contributed by atoms with E-state index >= 15 is 0 Å². The number of phenols is 1. The van der Waals surface area contributed by atoms with Gasteiger partial charge in [0.2, 0.25) is 0 Å². The Hall–Kier alpha value is -1.59. The molecular formula is C13H8BrClFNO2. The molecule has 0 aliphatic heterocycles. The Morgan fingerprint density at radius 1 is 1.32 bits per heavy atom. The van der Waals surface area contributed by atoms with Crippen LogP contribution in [0.1, 0.15) is 10.4 Å². The van der Waals surface area contributed by atoms with E-state index < -0.39 is 11.7 Å². The lowest BCUT2D eigenvalue weighted by molar-refractivity contribution is 0.102. The topological polar surface area (TPSA) is 49.3 Å². The molecule has 0 bridgehead atoms. The van der Waals surface area contributed by atoms with Crippen LogP contribution in [0.3, 0.4) is 0 Å². The van der Waals surface area contributed by atoms with Gasteiger partial charge >= 0.3 is 0 Å². The van der Waals surface area contributed by atoms with Crippen molar-refractivity contribution in [3.8, 4) is 5.75 Å². The molecule has 2 aromatic rings. The normalized spacial score (nSPS) is 10.3. The third-order valence-electron chi connectivity index (χ3n) is 2.41. The highest BCUT2D eigenvalue weighted by atomic mass is 79.9. The van der Waals surface area contributed by atoms with E-state index in [0.29, 0.717) is 4.47 Å². The molecule has 0 radical (unpaired) electrons. The molecule has 0 fully saturated rings. The predicted octanol–water partition coefficient (Wildman–Crippen LogP) is 4.20. The summed E-state index contributed by atoms with van der Waals surface area (Å²) in [6.07, 6.45) is 0. The van der Waals surface area contributed by atoms with Crippen LogP contribution in [-0.4, -0.2) is 11.0 Å². The molecule has 2 rings (SSSR count). The Morgan fingerprint density at radius 3 is 2.68 bits per heavy atom. The SMILES string of the molecule is O=C(Nc1c(F)cccc1Cl)c1ccc(Br)c(O)c1. The summed E-state index contributed by atoms with van der Waals surface area (Å²) in [5.41, 5.74) is 0.108. The Labute approximate surface area is 122 Å². The van der Waals surface area contributed by atoms with Crippen molar-refractivity contribution in [2.24, 2.45) is 0 Å². The molecule has 0 spiro atoms. The lowest BCUT2D eigenvalue weighted by atomic mass is 10.2. The number of rotatable bonds is 2. The summed E-state index contributed by atoms with van der Waals surface area (Å²) < 4.78 is 14.0. The molecule has 6 heteroatoms. The summed E-state index contributed by atoms with van der Waals surface area (Å²) in [5, 5.41) is 12.0. The van der Waals surface area contributed by atoms with Crippen molar-refractivity contribution in [2.45, 2.75) is 0 Å². The first-order valence-electron chi connectivity index (χ1n) is 5.23. The van der Waals surface area contributed by atoms with Gasteiger partial charge in [0.05, 0.1) is 15.2 Å². The molecule has 3 nitrogen and oxygen atoms in total. The minimum absolute atomic E-state index is 0.0766. The van der Waals surface area contributed by atoms with E-state index in [4.69, 9.17) is 11.6 Å². The summed E-state index contributed by atoms with van der Waals surface area (Å²) in [6, 6.07) is 8.40. The molecule has 0 aromatic heterocycles. The van der Waals surface area contributed by atoms with Gasteiger partial charge in [0.1, 0.15) is 11.6 Å². The minimum Gasteiger partial charge on any atom is -0.507 e. The van der Waals surface area contributed by atoms with Crippen molar-refractivity contribution in [1.29, 1.82) is 0 Å². The molecule has 2 aromatic carbocycles. The Morgan fingerprint density at radius 2 is 2.05 bits per heavy atom. The van der Waals surface area contributed by atoms with Gasteiger partial charge in [-0.1, -0.05) is 17.7 Å². The van der Waals surface area contributed by atoms with E-state index in [2.05, 4.69) is 21.2 Å². The fourth-order valence-corrected chi connectivity index (χ4v) is 1.91. The van der Waals surface area contributed by atoms with Crippen LogP contribution in [0, 0.1) is 5.82 Å². The molecule has 1 amide bonds. The highest BCUT2D eigenvalue weighted by molar-refractivity contribution is 9.10. The summed E-state index contributed by atoms with van der Waals surface area (Å²) >= 11 is 8.91. The number of carbonyl (C=O) groups is 1.